The number of hydrogen-bond donors (Lipinski definition) is 3. The number of primary amides is 1. The van der Waals surface area contributed by atoms with E-state index >= 15 is 0 Å². The molecule has 3 rings (SSSR count). The van der Waals surface area contributed by atoms with E-state index in [9.17, 15) is 19.8 Å². The molecular weight excluding hydrogens is 418 g/mol. The van der Waals surface area contributed by atoms with Crippen LogP contribution in [0.4, 0.5) is 0 Å². The fourth-order valence-electron chi connectivity index (χ4n) is 4.01. The van der Waals surface area contributed by atoms with Gasteiger partial charge in [0.1, 0.15) is 17.2 Å². The van der Waals surface area contributed by atoms with Crippen molar-refractivity contribution in [3.8, 4) is 11.1 Å². The number of rotatable bonds is 11. The van der Waals surface area contributed by atoms with E-state index in [0.717, 1.165) is 36.2 Å². The van der Waals surface area contributed by atoms with Crippen molar-refractivity contribution in [2.24, 2.45) is 5.73 Å². The summed E-state index contributed by atoms with van der Waals surface area (Å²) in [5.74, 6) is -0.851. The van der Waals surface area contributed by atoms with Crippen LogP contribution in [0, 0.1) is 0 Å². The van der Waals surface area contributed by atoms with Gasteiger partial charge in [0, 0.05) is 13.0 Å². The number of hydrogen-bond acceptors (Lipinski definition) is 4. The van der Waals surface area contributed by atoms with Gasteiger partial charge in [0.25, 0.3) is 5.91 Å². The zero-order valence-electron chi connectivity index (χ0n) is 19.1. The van der Waals surface area contributed by atoms with Crippen molar-refractivity contribution in [3.05, 3.63) is 76.9 Å². The smallest absolute Gasteiger partial charge is 0.336 e. The first-order valence-corrected chi connectivity index (χ1v) is 11.4. The third kappa shape index (κ3) is 5.49. The highest BCUT2D eigenvalue weighted by Crippen LogP contribution is 2.27. The number of amides is 1. The van der Waals surface area contributed by atoms with E-state index in [-0.39, 0.29) is 11.3 Å². The summed E-state index contributed by atoms with van der Waals surface area (Å²) in [4.78, 5) is 28.5. The summed E-state index contributed by atoms with van der Waals surface area (Å²) in [6.45, 7) is 4.43. The molecule has 0 radical (unpaired) electrons. The van der Waals surface area contributed by atoms with Gasteiger partial charge in [-0.25, -0.2) is 9.78 Å². The van der Waals surface area contributed by atoms with Gasteiger partial charge in [-0.05, 0) is 35.6 Å². The quantitative estimate of drug-likeness (QED) is 0.396. The lowest BCUT2D eigenvalue weighted by molar-refractivity contribution is 0.0697. The van der Waals surface area contributed by atoms with Crippen molar-refractivity contribution >= 4 is 11.9 Å². The first kappa shape index (κ1) is 24.2. The Morgan fingerprint density at radius 3 is 2.36 bits per heavy atom. The maximum Gasteiger partial charge on any atom is 0.336 e. The molecule has 0 aliphatic heterocycles. The molecule has 1 aromatic heterocycles. The Balaban J connectivity index is 1.98. The number of benzene rings is 2. The van der Waals surface area contributed by atoms with Gasteiger partial charge in [-0.15, -0.1) is 0 Å². The number of imidazole rings is 1. The minimum absolute atomic E-state index is 0.243. The zero-order chi connectivity index (χ0) is 24.0. The normalized spacial score (nSPS) is 12.0. The van der Waals surface area contributed by atoms with Crippen LogP contribution in [0.5, 0.6) is 0 Å². The van der Waals surface area contributed by atoms with Gasteiger partial charge in [-0.2, -0.15) is 0 Å². The van der Waals surface area contributed by atoms with E-state index in [2.05, 4.69) is 11.9 Å². The number of aromatic carboxylic acids is 1. The van der Waals surface area contributed by atoms with E-state index in [1.165, 1.54) is 0 Å². The molecule has 7 heteroatoms. The van der Waals surface area contributed by atoms with Crippen molar-refractivity contribution < 1.29 is 19.8 Å². The van der Waals surface area contributed by atoms with Gasteiger partial charge in [-0.1, -0.05) is 69.2 Å². The predicted molar refractivity (Wildman–Crippen MR) is 127 cm³/mol. The van der Waals surface area contributed by atoms with Crippen LogP contribution in [-0.4, -0.2) is 31.6 Å². The Bertz CT molecular complexity index is 1120. The van der Waals surface area contributed by atoms with Gasteiger partial charge < -0.3 is 20.5 Å². The number of nitrogens with two attached hydrogens (primary N) is 1. The molecule has 4 N–H and O–H groups in total. The van der Waals surface area contributed by atoms with Crippen molar-refractivity contribution in [1.29, 1.82) is 0 Å². The lowest BCUT2D eigenvalue weighted by Crippen LogP contribution is -2.21. The number of unbranched alkanes of at least 4 members (excludes halogenated alkanes) is 1. The summed E-state index contributed by atoms with van der Waals surface area (Å²) >= 11 is 0. The van der Waals surface area contributed by atoms with Crippen molar-refractivity contribution in [3.63, 3.8) is 0 Å². The fraction of sp³-hybridized carbons (Fsp3) is 0.346. The van der Waals surface area contributed by atoms with Crippen molar-refractivity contribution in [1.82, 2.24) is 9.55 Å². The van der Waals surface area contributed by atoms with Crippen LogP contribution in [0.25, 0.3) is 11.1 Å². The van der Waals surface area contributed by atoms with Crippen molar-refractivity contribution in [2.45, 2.75) is 58.6 Å². The Hall–Kier alpha value is -3.45. The van der Waals surface area contributed by atoms with Gasteiger partial charge in [0.15, 0.2) is 0 Å². The summed E-state index contributed by atoms with van der Waals surface area (Å²) in [7, 11) is 0. The second-order valence-electron chi connectivity index (χ2n) is 8.17. The van der Waals surface area contributed by atoms with Crippen LogP contribution >= 0.6 is 0 Å². The predicted octanol–water partition coefficient (Wildman–Crippen LogP) is 4.57. The van der Waals surface area contributed by atoms with E-state index in [1.807, 2.05) is 41.8 Å². The first-order valence-electron chi connectivity index (χ1n) is 11.4. The maximum atomic E-state index is 12.4. The lowest BCUT2D eigenvalue weighted by Gasteiger charge is -2.13. The molecule has 3 aromatic rings. The van der Waals surface area contributed by atoms with Gasteiger partial charge in [0.05, 0.1) is 11.7 Å². The molecule has 0 bridgehead atoms. The Morgan fingerprint density at radius 1 is 1.06 bits per heavy atom. The summed E-state index contributed by atoms with van der Waals surface area (Å²) in [5.41, 5.74) is 8.92. The molecule has 0 fully saturated rings. The molecule has 1 heterocycles. The largest absolute Gasteiger partial charge is 0.478 e. The fourth-order valence-corrected chi connectivity index (χ4v) is 4.01. The van der Waals surface area contributed by atoms with E-state index in [1.54, 1.807) is 18.2 Å². The number of carbonyl (C=O) groups excluding carboxylic acids is 1. The zero-order valence-corrected chi connectivity index (χ0v) is 19.1. The van der Waals surface area contributed by atoms with Crippen LogP contribution in [0.1, 0.15) is 83.6 Å². The van der Waals surface area contributed by atoms with Gasteiger partial charge in [0.2, 0.25) is 0 Å². The topological polar surface area (TPSA) is 118 Å². The molecule has 0 spiro atoms. The molecule has 33 heavy (non-hydrogen) atoms. The number of carboxylic acid groups (broad SMARTS) is 1. The molecule has 0 aliphatic rings. The maximum absolute atomic E-state index is 12.4. The molecule has 1 atom stereocenters. The highest BCUT2D eigenvalue weighted by atomic mass is 16.4. The van der Waals surface area contributed by atoms with Crippen LogP contribution in [0.2, 0.25) is 0 Å². The molecule has 0 saturated carbocycles. The van der Waals surface area contributed by atoms with Crippen LogP contribution < -0.4 is 5.73 Å². The molecule has 7 nitrogen and oxygen atoms in total. The lowest BCUT2D eigenvalue weighted by atomic mass is 9.98. The summed E-state index contributed by atoms with van der Waals surface area (Å²) < 4.78 is 1.81. The van der Waals surface area contributed by atoms with Crippen molar-refractivity contribution in [2.75, 3.05) is 0 Å². The van der Waals surface area contributed by atoms with Gasteiger partial charge >= 0.3 is 5.97 Å². The second kappa shape index (κ2) is 10.9. The number of carboxylic acids is 1. The highest BCUT2D eigenvalue weighted by Gasteiger charge is 2.25. The number of nitrogens with zero attached hydrogens (tertiary/aromatic N) is 2. The molecule has 0 saturated heterocycles. The molecule has 174 valence electrons. The summed E-state index contributed by atoms with van der Waals surface area (Å²) in [6.07, 6.45) is 2.98. The monoisotopic (exact) mass is 449 g/mol. The number of aryl methyl sites for hydroxylation is 1. The van der Waals surface area contributed by atoms with Crippen LogP contribution in [-0.2, 0) is 13.0 Å². The van der Waals surface area contributed by atoms with Crippen LogP contribution in [0.3, 0.4) is 0 Å². The third-order valence-electron chi connectivity index (χ3n) is 5.70. The Morgan fingerprint density at radius 2 is 1.76 bits per heavy atom. The minimum atomic E-state index is -0.974. The van der Waals surface area contributed by atoms with E-state index < -0.39 is 18.0 Å². The first-order chi connectivity index (χ1) is 15.9. The molecule has 0 aliphatic carbocycles. The third-order valence-corrected chi connectivity index (χ3v) is 5.70. The molecule has 1 unspecified atom stereocenters. The Labute approximate surface area is 193 Å². The average Bonchev–Trinajstić information content (AvgIpc) is 3.16. The summed E-state index contributed by atoms with van der Waals surface area (Å²) in [5, 5.41) is 20.1. The van der Waals surface area contributed by atoms with E-state index in [4.69, 9.17) is 5.73 Å². The highest BCUT2D eigenvalue weighted by molar-refractivity contribution is 5.96. The minimum Gasteiger partial charge on any atom is -0.478 e. The molecular formula is C26H31N3O4. The average molecular weight is 450 g/mol. The number of aromatic nitrogens is 2. The van der Waals surface area contributed by atoms with Gasteiger partial charge in [-0.3, -0.25) is 4.79 Å². The van der Waals surface area contributed by atoms with Crippen LogP contribution in [0.15, 0.2) is 48.5 Å². The number of aliphatic hydroxyl groups is 1. The number of carbonyl (C=O) groups is 2. The second-order valence-corrected chi connectivity index (χ2v) is 8.17. The molecule has 1 amide bonds. The standard InChI is InChI=1S/C26H31N3O4/c1-3-5-11-22-28-23(21(30)8-4-2)24(25(27)31)29(22)16-17-12-14-18(15-13-17)19-9-6-7-10-20(19)26(32)33/h6-7,9-10,12-15,21,30H,3-5,8,11,16H2,1-2H3,(H2,27,31)(H,32,33). The Kier molecular flexibility index (Phi) is 8.01. The van der Waals surface area contributed by atoms with E-state index in [0.29, 0.717) is 30.6 Å². The summed E-state index contributed by atoms with van der Waals surface area (Å²) in [6, 6.07) is 14.4. The SMILES string of the molecule is CCCCc1nc(C(O)CCC)c(C(N)=O)n1Cc1ccc(-c2ccccc2C(=O)O)cc1. The number of aliphatic hydroxyl groups excluding tert-OH is 1. The molecule has 2 aromatic carbocycles.